The number of thiophene rings is 1. The Morgan fingerprint density at radius 3 is 2.77 bits per heavy atom. The van der Waals surface area contributed by atoms with Crippen LogP contribution < -0.4 is 5.32 Å². The lowest BCUT2D eigenvalue weighted by Crippen LogP contribution is -2.15. The average molecular weight is 215 g/mol. The summed E-state index contributed by atoms with van der Waals surface area (Å²) >= 11 is 3.81. The van der Waals surface area contributed by atoms with E-state index >= 15 is 0 Å². The van der Waals surface area contributed by atoms with Crippen molar-refractivity contribution in [1.82, 2.24) is 5.32 Å². The fourth-order valence-corrected chi connectivity index (χ4v) is 2.37. The van der Waals surface area contributed by atoms with Gasteiger partial charge < -0.3 is 5.32 Å². The predicted octanol–water partition coefficient (Wildman–Crippen LogP) is 2.76. The minimum absolute atomic E-state index is 1.03. The van der Waals surface area contributed by atoms with E-state index in [1.54, 1.807) is 0 Å². The summed E-state index contributed by atoms with van der Waals surface area (Å²) in [5, 5.41) is 3.43. The fourth-order valence-electron chi connectivity index (χ4n) is 1.09. The molecule has 0 aromatic carbocycles. The summed E-state index contributed by atoms with van der Waals surface area (Å²) in [5.74, 6) is 1.20. The number of hydrogen-bond donors (Lipinski definition) is 1. The summed E-state index contributed by atoms with van der Waals surface area (Å²) < 4.78 is 0. The molecule has 0 radical (unpaired) electrons. The van der Waals surface area contributed by atoms with E-state index in [2.05, 4.69) is 30.6 Å². The second-order valence-corrected chi connectivity index (χ2v) is 5.13. The molecule has 74 valence electrons. The molecule has 13 heavy (non-hydrogen) atoms. The highest BCUT2D eigenvalue weighted by Crippen LogP contribution is 2.16. The Balaban J connectivity index is 2.20. The van der Waals surface area contributed by atoms with Gasteiger partial charge in [0.05, 0.1) is 0 Å². The topological polar surface area (TPSA) is 12.0 Å². The van der Waals surface area contributed by atoms with E-state index in [-0.39, 0.29) is 0 Å². The molecule has 1 aromatic rings. The van der Waals surface area contributed by atoms with Crippen LogP contribution in [0.2, 0.25) is 0 Å². The van der Waals surface area contributed by atoms with Crippen molar-refractivity contribution in [3.05, 3.63) is 21.9 Å². The third kappa shape index (κ3) is 4.16. The molecule has 0 spiro atoms. The van der Waals surface area contributed by atoms with E-state index in [0.29, 0.717) is 0 Å². The number of thioether (sulfide) groups is 1. The second-order valence-electron chi connectivity index (χ2n) is 2.89. The number of nitrogens with one attached hydrogen (secondary N) is 1. The molecule has 0 amide bonds. The highest BCUT2D eigenvalue weighted by molar-refractivity contribution is 7.98. The van der Waals surface area contributed by atoms with Gasteiger partial charge in [0.25, 0.3) is 0 Å². The van der Waals surface area contributed by atoms with Crippen LogP contribution in [-0.2, 0) is 13.0 Å². The largest absolute Gasteiger partial charge is 0.311 e. The van der Waals surface area contributed by atoms with Crippen LogP contribution in [0.3, 0.4) is 0 Å². The molecule has 1 aromatic heterocycles. The standard InChI is InChI=1S/C10H17NS2/c1-3-9-4-5-10(13-9)8-11-6-7-12-2/h4-5,11H,3,6-8H2,1-2H3. The zero-order chi connectivity index (χ0) is 9.52. The van der Waals surface area contributed by atoms with Crippen LogP contribution in [0.25, 0.3) is 0 Å². The van der Waals surface area contributed by atoms with Gasteiger partial charge in [-0.15, -0.1) is 11.3 Å². The van der Waals surface area contributed by atoms with E-state index in [9.17, 15) is 0 Å². The summed E-state index contributed by atoms with van der Waals surface area (Å²) in [5.41, 5.74) is 0. The summed E-state index contributed by atoms with van der Waals surface area (Å²) in [7, 11) is 0. The first-order chi connectivity index (χ1) is 6.36. The highest BCUT2D eigenvalue weighted by Gasteiger charge is 1.96. The lowest BCUT2D eigenvalue weighted by molar-refractivity contribution is 0.741. The fraction of sp³-hybridized carbons (Fsp3) is 0.600. The van der Waals surface area contributed by atoms with Crippen LogP contribution in [0.5, 0.6) is 0 Å². The average Bonchev–Trinajstić information content (AvgIpc) is 2.60. The zero-order valence-corrected chi connectivity index (χ0v) is 9.93. The smallest absolute Gasteiger partial charge is 0.0300 e. The van der Waals surface area contributed by atoms with Crippen molar-refractivity contribution in [3.8, 4) is 0 Å². The van der Waals surface area contributed by atoms with Crippen molar-refractivity contribution in [2.24, 2.45) is 0 Å². The Kier molecular flexibility index (Phi) is 5.51. The van der Waals surface area contributed by atoms with Gasteiger partial charge in [0.1, 0.15) is 0 Å². The summed E-state index contributed by atoms with van der Waals surface area (Å²) in [6.07, 6.45) is 3.30. The molecule has 0 atom stereocenters. The normalized spacial score (nSPS) is 10.6. The van der Waals surface area contributed by atoms with Gasteiger partial charge >= 0.3 is 0 Å². The van der Waals surface area contributed by atoms with Gasteiger partial charge in [0.2, 0.25) is 0 Å². The third-order valence-corrected chi connectivity index (χ3v) is 3.69. The number of aryl methyl sites for hydroxylation is 1. The molecule has 0 fully saturated rings. The second kappa shape index (κ2) is 6.46. The molecule has 0 aliphatic carbocycles. The molecule has 3 heteroatoms. The zero-order valence-electron chi connectivity index (χ0n) is 8.30. The van der Waals surface area contributed by atoms with Gasteiger partial charge in [-0.3, -0.25) is 0 Å². The molecule has 0 aliphatic rings. The van der Waals surface area contributed by atoms with Crippen LogP contribution in [0.15, 0.2) is 12.1 Å². The van der Waals surface area contributed by atoms with Crippen LogP contribution >= 0.6 is 23.1 Å². The molecule has 0 aliphatic heterocycles. The lowest BCUT2D eigenvalue weighted by Gasteiger charge is -2.00. The molecule has 1 nitrogen and oxygen atoms in total. The molecular weight excluding hydrogens is 198 g/mol. The minimum atomic E-state index is 1.03. The first kappa shape index (κ1) is 11.1. The van der Waals surface area contributed by atoms with Gasteiger partial charge in [-0.25, -0.2) is 0 Å². The highest BCUT2D eigenvalue weighted by atomic mass is 32.2. The first-order valence-electron chi connectivity index (χ1n) is 4.64. The van der Waals surface area contributed by atoms with E-state index in [4.69, 9.17) is 0 Å². The predicted molar refractivity (Wildman–Crippen MR) is 63.8 cm³/mol. The van der Waals surface area contributed by atoms with E-state index in [0.717, 1.165) is 19.5 Å². The number of rotatable bonds is 6. The number of hydrogen-bond acceptors (Lipinski definition) is 3. The van der Waals surface area contributed by atoms with Gasteiger partial charge in [-0.05, 0) is 24.8 Å². The van der Waals surface area contributed by atoms with Crippen LogP contribution in [0.1, 0.15) is 16.7 Å². The Labute approximate surface area is 88.9 Å². The van der Waals surface area contributed by atoms with Crippen molar-refractivity contribution in [2.45, 2.75) is 19.9 Å². The van der Waals surface area contributed by atoms with E-state index < -0.39 is 0 Å². The van der Waals surface area contributed by atoms with Crippen molar-refractivity contribution < 1.29 is 0 Å². The maximum absolute atomic E-state index is 3.43. The quantitative estimate of drug-likeness (QED) is 0.732. The molecule has 1 rings (SSSR count). The molecule has 1 heterocycles. The van der Waals surface area contributed by atoms with Crippen LogP contribution in [-0.4, -0.2) is 18.6 Å². The Hall–Kier alpha value is 0.01000. The Morgan fingerprint density at radius 2 is 2.15 bits per heavy atom. The maximum atomic E-state index is 3.43. The SMILES string of the molecule is CCc1ccc(CNCCSC)s1. The first-order valence-corrected chi connectivity index (χ1v) is 6.85. The molecule has 0 unspecified atom stereocenters. The maximum Gasteiger partial charge on any atom is 0.0300 e. The molecular formula is C10H17NS2. The molecule has 0 bridgehead atoms. The summed E-state index contributed by atoms with van der Waals surface area (Å²) in [6, 6.07) is 4.46. The van der Waals surface area contributed by atoms with Crippen molar-refractivity contribution >= 4 is 23.1 Å². The lowest BCUT2D eigenvalue weighted by atomic mass is 10.3. The summed E-state index contributed by atoms with van der Waals surface area (Å²) in [4.78, 5) is 2.94. The van der Waals surface area contributed by atoms with E-state index in [1.165, 1.54) is 15.5 Å². The Bertz CT molecular complexity index is 233. The molecule has 0 saturated carbocycles. The summed E-state index contributed by atoms with van der Waals surface area (Å²) in [6.45, 7) is 4.35. The monoisotopic (exact) mass is 215 g/mol. The van der Waals surface area contributed by atoms with Gasteiger partial charge in [-0.1, -0.05) is 6.92 Å². The van der Waals surface area contributed by atoms with Crippen molar-refractivity contribution in [2.75, 3.05) is 18.6 Å². The molecule has 1 N–H and O–H groups in total. The van der Waals surface area contributed by atoms with E-state index in [1.807, 2.05) is 23.1 Å². The third-order valence-electron chi connectivity index (χ3n) is 1.85. The van der Waals surface area contributed by atoms with Crippen LogP contribution in [0, 0.1) is 0 Å². The molecule has 0 saturated heterocycles. The van der Waals surface area contributed by atoms with Gasteiger partial charge in [0, 0.05) is 28.6 Å². The van der Waals surface area contributed by atoms with Gasteiger partial charge in [-0.2, -0.15) is 11.8 Å². The van der Waals surface area contributed by atoms with Crippen molar-refractivity contribution in [3.63, 3.8) is 0 Å². The van der Waals surface area contributed by atoms with Crippen molar-refractivity contribution in [1.29, 1.82) is 0 Å². The van der Waals surface area contributed by atoms with Gasteiger partial charge in [0.15, 0.2) is 0 Å². The Morgan fingerprint density at radius 1 is 1.38 bits per heavy atom. The van der Waals surface area contributed by atoms with Crippen LogP contribution in [0.4, 0.5) is 0 Å². The minimum Gasteiger partial charge on any atom is -0.311 e.